The molecule has 1 N–H and O–H groups in total. The van der Waals surface area contributed by atoms with Crippen LogP contribution >= 0.6 is 11.8 Å². The highest BCUT2D eigenvalue weighted by atomic mass is 32.2. The van der Waals surface area contributed by atoms with Gasteiger partial charge in [-0.05, 0) is 37.2 Å². The highest BCUT2D eigenvalue weighted by Crippen LogP contribution is 2.26. The minimum absolute atomic E-state index is 0.513. The summed E-state index contributed by atoms with van der Waals surface area (Å²) in [6.07, 6.45) is 2.66. The highest BCUT2D eigenvalue weighted by Gasteiger charge is 2.27. The van der Waals surface area contributed by atoms with Gasteiger partial charge in [0.2, 0.25) is 0 Å². The van der Waals surface area contributed by atoms with Crippen LogP contribution in [0.4, 0.5) is 0 Å². The average Bonchev–Trinajstić information content (AvgIpc) is 2.85. The van der Waals surface area contributed by atoms with Crippen LogP contribution in [-0.2, 0) is 0 Å². The molecule has 2 atom stereocenters. The Morgan fingerprint density at radius 2 is 2.11 bits per heavy atom. The fourth-order valence-corrected chi connectivity index (χ4v) is 4.25. The van der Waals surface area contributed by atoms with Crippen molar-refractivity contribution in [2.75, 3.05) is 31.1 Å². The molecule has 2 nitrogen and oxygen atoms in total. The summed E-state index contributed by atoms with van der Waals surface area (Å²) in [5.41, 5.74) is 1.44. The van der Waals surface area contributed by atoms with Crippen molar-refractivity contribution in [1.29, 1.82) is 0 Å². The summed E-state index contributed by atoms with van der Waals surface area (Å²) in [5, 5.41) is 3.70. The summed E-state index contributed by atoms with van der Waals surface area (Å²) in [6, 6.07) is 12.2. The van der Waals surface area contributed by atoms with Crippen molar-refractivity contribution < 1.29 is 0 Å². The second-order valence-corrected chi connectivity index (χ2v) is 6.43. The SMILES string of the molecule is c1ccc(C2CN(C3CCSC3)CCCN2)cc1. The Morgan fingerprint density at radius 1 is 1.22 bits per heavy atom. The van der Waals surface area contributed by atoms with Crippen LogP contribution in [-0.4, -0.2) is 42.1 Å². The maximum absolute atomic E-state index is 3.70. The quantitative estimate of drug-likeness (QED) is 0.882. The van der Waals surface area contributed by atoms with Crippen LogP contribution in [0.5, 0.6) is 0 Å². The lowest BCUT2D eigenvalue weighted by molar-refractivity contribution is 0.209. The maximum Gasteiger partial charge on any atom is 0.0449 e. The lowest BCUT2D eigenvalue weighted by atomic mass is 10.1. The zero-order chi connectivity index (χ0) is 12.2. The van der Waals surface area contributed by atoms with Gasteiger partial charge in [-0.1, -0.05) is 30.3 Å². The molecule has 0 bridgehead atoms. The van der Waals surface area contributed by atoms with Gasteiger partial charge in [-0.15, -0.1) is 0 Å². The molecule has 2 heterocycles. The summed E-state index contributed by atoms with van der Waals surface area (Å²) in [4.78, 5) is 2.72. The fourth-order valence-electron chi connectivity index (χ4n) is 3.00. The van der Waals surface area contributed by atoms with E-state index in [1.165, 1.54) is 43.0 Å². The molecule has 98 valence electrons. The molecular formula is C15H22N2S. The van der Waals surface area contributed by atoms with Crippen molar-refractivity contribution in [2.45, 2.75) is 24.9 Å². The Kier molecular flexibility index (Phi) is 4.24. The standard InChI is InChI=1S/C15H22N2S/c1-2-5-13(6-3-1)15-11-17(9-4-8-16-15)14-7-10-18-12-14/h1-3,5-6,14-16H,4,7-12H2. The molecule has 0 aliphatic carbocycles. The van der Waals surface area contributed by atoms with Gasteiger partial charge < -0.3 is 5.32 Å². The Hall–Kier alpha value is -0.510. The van der Waals surface area contributed by atoms with Gasteiger partial charge in [-0.25, -0.2) is 0 Å². The lowest BCUT2D eigenvalue weighted by Crippen LogP contribution is -2.39. The second-order valence-electron chi connectivity index (χ2n) is 5.28. The van der Waals surface area contributed by atoms with Gasteiger partial charge in [0.25, 0.3) is 0 Å². The average molecular weight is 262 g/mol. The van der Waals surface area contributed by atoms with Gasteiger partial charge in [-0.3, -0.25) is 4.90 Å². The van der Waals surface area contributed by atoms with Crippen molar-refractivity contribution in [2.24, 2.45) is 0 Å². The molecule has 0 radical (unpaired) electrons. The van der Waals surface area contributed by atoms with Gasteiger partial charge in [0.15, 0.2) is 0 Å². The lowest BCUT2D eigenvalue weighted by Gasteiger charge is -2.29. The minimum atomic E-state index is 0.513. The van der Waals surface area contributed by atoms with Crippen molar-refractivity contribution in [1.82, 2.24) is 10.2 Å². The monoisotopic (exact) mass is 262 g/mol. The first-order valence-electron chi connectivity index (χ1n) is 7.03. The van der Waals surface area contributed by atoms with Crippen LogP contribution < -0.4 is 5.32 Å². The fraction of sp³-hybridized carbons (Fsp3) is 0.600. The summed E-state index contributed by atoms with van der Waals surface area (Å²) < 4.78 is 0. The number of thioether (sulfide) groups is 1. The molecule has 1 aromatic rings. The van der Waals surface area contributed by atoms with E-state index in [1.54, 1.807) is 0 Å². The number of hydrogen-bond donors (Lipinski definition) is 1. The van der Waals surface area contributed by atoms with Gasteiger partial charge in [0.05, 0.1) is 0 Å². The van der Waals surface area contributed by atoms with E-state index in [2.05, 4.69) is 52.3 Å². The normalized spacial score (nSPS) is 30.2. The zero-order valence-corrected chi connectivity index (χ0v) is 11.7. The van der Waals surface area contributed by atoms with Crippen LogP contribution in [0.1, 0.15) is 24.4 Å². The summed E-state index contributed by atoms with van der Waals surface area (Å²) in [6.45, 7) is 3.59. The zero-order valence-electron chi connectivity index (χ0n) is 10.8. The predicted octanol–water partition coefficient (Wildman–Crippen LogP) is 2.53. The third-order valence-electron chi connectivity index (χ3n) is 4.05. The van der Waals surface area contributed by atoms with Crippen molar-refractivity contribution in [3.05, 3.63) is 35.9 Å². The van der Waals surface area contributed by atoms with E-state index in [-0.39, 0.29) is 0 Å². The molecule has 1 aromatic carbocycles. The molecular weight excluding hydrogens is 240 g/mol. The molecule has 0 saturated carbocycles. The number of nitrogens with zero attached hydrogens (tertiary/aromatic N) is 1. The summed E-state index contributed by atoms with van der Waals surface area (Å²) >= 11 is 2.12. The molecule has 0 spiro atoms. The van der Waals surface area contributed by atoms with E-state index in [4.69, 9.17) is 0 Å². The predicted molar refractivity (Wildman–Crippen MR) is 79.1 cm³/mol. The Balaban J connectivity index is 1.71. The smallest absolute Gasteiger partial charge is 0.0449 e. The highest BCUT2D eigenvalue weighted by molar-refractivity contribution is 7.99. The van der Waals surface area contributed by atoms with Gasteiger partial charge >= 0.3 is 0 Å². The molecule has 18 heavy (non-hydrogen) atoms. The van der Waals surface area contributed by atoms with E-state index in [9.17, 15) is 0 Å². The molecule has 3 heteroatoms. The molecule has 2 saturated heterocycles. The second kappa shape index (κ2) is 6.09. The summed E-state index contributed by atoms with van der Waals surface area (Å²) in [7, 11) is 0. The van der Waals surface area contributed by atoms with Crippen LogP contribution in [0.25, 0.3) is 0 Å². The Bertz CT molecular complexity index is 362. The van der Waals surface area contributed by atoms with Crippen LogP contribution in [0.15, 0.2) is 30.3 Å². The number of benzene rings is 1. The molecule has 2 unspecified atom stereocenters. The Morgan fingerprint density at radius 3 is 2.89 bits per heavy atom. The first kappa shape index (κ1) is 12.5. The van der Waals surface area contributed by atoms with Crippen molar-refractivity contribution in [3.63, 3.8) is 0 Å². The number of rotatable bonds is 2. The van der Waals surface area contributed by atoms with Gasteiger partial charge in [0.1, 0.15) is 0 Å². The van der Waals surface area contributed by atoms with E-state index in [1.807, 2.05) is 0 Å². The van der Waals surface area contributed by atoms with Crippen LogP contribution in [0, 0.1) is 0 Å². The topological polar surface area (TPSA) is 15.3 Å². The molecule has 2 aliphatic rings. The van der Waals surface area contributed by atoms with E-state index < -0.39 is 0 Å². The molecule has 0 aromatic heterocycles. The number of hydrogen-bond acceptors (Lipinski definition) is 3. The molecule has 2 aliphatic heterocycles. The number of nitrogens with one attached hydrogen (secondary N) is 1. The van der Waals surface area contributed by atoms with Crippen LogP contribution in [0.2, 0.25) is 0 Å². The van der Waals surface area contributed by atoms with E-state index in [0.717, 1.165) is 12.6 Å². The molecule has 0 amide bonds. The first-order valence-corrected chi connectivity index (χ1v) is 8.19. The first-order chi connectivity index (χ1) is 8.93. The van der Waals surface area contributed by atoms with Crippen molar-refractivity contribution >= 4 is 11.8 Å². The maximum atomic E-state index is 3.70. The third kappa shape index (κ3) is 2.90. The molecule has 3 rings (SSSR count). The van der Waals surface area contributed by atoms with Gasteiger partial charge in [0, 0.05) is 24.4 Å². The van der Waals surface area contributed by atoms with E-state index in [0.29, 0.717) is 6.04 Å². The van der Waals surface area contributed by atoms with Crippen molar-refractivity contribution in [3.8, 4) is 0 Å². The summed E-state index contributed by atoms with van der Waals surface area (Å²) in [5.74, 6) is 2.69. The third-order valence-corrected chi connectivity index (χ3v) is 5.20. The Labute approximate surface area is 114 Å². The largest absolute Gasteiger partial charge is 0.309 e. The minimum Gasteiger partial charge on any atom is -0.309 e. The van der Waals surface area contributed by atoms with E-state index >= 15 is 0 Å². The van der Waals surface area contributed by atoms with Crippen LogP contribution in [0.3, 0.4) is 0 Å². The van der Waals surface area contributed by atoms with Gasteiger partial charge in [-0.2, -0.15) is 11.8 Å². The molecule has 2 fully saturated rings.